The van der Waals surface area contributed by atoms with Crippen LogP contribution in [0.15, 0.2) is 54.7 Å². The fraction of sp³-hybridized carbons (Fsp3) is 0.235. The van der Waals surface area contributed by atoms with Crippen LogP contribution in [0.25, 0.3) is 10.9 Å². The van der Waals surface area contributed by atoms with Crippen LogP contribution in [-0.4, -0.2) is 16.2 Å². The van der Waals surface area contributed by atoms with E-state index in [-0.39, 0.29) is 0 Å². The van der Waals surface area contributed by atoms with Gasteiger partial charge in [0.2, 0.25) is 0 Å². The number of H-pyrrole nitrogens is 1. The standard InChI is InChI=1S/C17H17N3/c1-2-4-12(5-3-1)14-8-16(9-14)19-15-7-6-13-11-18-20-17(13)10-15/h1-7,10-11,14,16,19H,8-9H2,(H,18,20). The van der Waals surface area contributed by atoms with Crippen molar-refractivity contribution in [2.75, 3.05) is 5.32 Å². The van der Waals surface area contributed by atoms with Gasteiger partial charge in [-0.15, -0.1) is 0 Å². The molecule has 4 rings (SSSR count). The summed E-state index contributed by atoms with van der Waals surface area (Å²) in [6, 6.07) is 17.8. The highest BCUT2D eigenvalue weighted by Crippen LogP contribution is 2.38. The average Bonchev–Trinajstić information content (AvgIpc) is 2.91. The van der Waals surface area contributed by atoms with Crippen molar-refractivity contribution in [3.8, 4) is 0 Å². The molecule has 2 aromatic carbocycles. The van der Waals surface area contributed by atoms with E-state index in [0.717, 1.165) is 10.9 Å². The summed E-state index contributed by atoms with van der Waals surface area (Å²) < 4.78 is 0. The van der Waals surface area contributed by atoms with Crippen LogP contribution >= 0.6 is 0 Å². The third-order valence-electron chi connectivity index (χ3n) is 4.22. The Balaban J connectivity index is 1.41. The molecular weight excluding hydrogens is 246 g/mol. The third-order valence-corrected chi connectivity index (χ3v) is 4.22. The molecule has 0 spiro atoms. The molecule has 0 atom stereocenters. The zero-order chi connectivity index (χ0) is 13.4. The summed E-state index contributed by atoms with van der Waals surface area (Å²) in [6.07, 6.45) is 4.28. The van der Waals surface area contributed by atoms with Gasteiger partial charge in [-0.25, -0.2) is 0 Å². The van der Waals surface area contributed by atoms with Gasteiger partial charge in [-0.3, -0.25) is 5.10 Å². The number of benzene rings is 2. The molecule has 1 aliphatic rings. The number of hydrogen-bond acceptors (Lipinski definition) is 2. The average molecular weight is 263 g/mol. The fourth-order valence-corrected chi connectivity index (χ4v) is 3.00. The van der Waals surface area contributed by atoms with Gasteiger partial charge in [0.1, 0.15) is 0 Å². The van der Waals surface area contributed by atoms with E-state index in [1.165, 1.54) is 24.1 Å². The molecule has 1 aromatic heterocycles. The second-order valence-electron chi connectivity index (χ2n) is 5.59. The lowest BCUT2D eigenvalue weighted by Crippen LogP contribution is -2.33. The van der Waals surface area contributed by atoms with E-state index in [0.29, 0.717) is 12.0 Å². The number of rotatable bonds is 3. The van der Waals surface area contributed by atoms with Gasteiger partial charge in [-0.05, 0) is 42.5 Å². The predicted molar refractivity (Wildman–Crippen MR) is 81.9 cm³/mol. The van der Waals surface area contributed by atoms with Gasteiger partial charge in [0.25, 0.3) is 0 Å². The SMILES string of the molecule is c1ccc(C2CC(Nc3ccc4cn[nH]c4c3)C2)cc1. The fourth-order valence-electron chi connectivity index (χ4n) is 3.00. The second kappa shape index (κ2) is 4.67. The Hall–Kier alpha value is -2.29. The lowest BCUT2D eigenvalue weighted by atomic mass is 9.76. The zero-order valence-corrected chi connectivity index (χ0v) is 11.2. The van der Waals surface area contributed by atoms with E-state index >= 15 is 0 Å². The molecular formula is C17H17N3. The maximum absolute atomic E-state index is 4.05. The Morgan fingerprint density at radius 1 is 1.05 bits per heavy atom. The maximum Gasteiger partial charge on any atom is 0.0670 e. The largest absolute Gasteiger partial charge is 0.382 e. The van der Waals surface area contributed by atoms with Gasteiger partial charge >= 0.3 is 0 Å². The van der Waals surface area contributed by atoms with E-state index in [4.69, 9.17) is 0 Å². The molecule has 2 N–H and O–H groups in total. The van der Waals surface area contributed by atoms with Crippen LogP contribution in [0.1, 0.15) is 24.3 Å². The molecule has 1 heterocycles. The van der Waals surface area contributed by atoms with Gasteiger partial charge in [-0.2, -0.15) is 5.10 Å². The van der Waals surface area contributed by atoms with Crippen molar-refractivity contribution < 1.29 is 0 Å². The van der Waals surface area contributed by atoms with E-state index in [1.807, 2.05) is 6.20 Å². The lowest BCUT2D eigenvalue weighted by molar-refractivity contribution is 0.374. The number of anilines is 1. The van der Waals surface area contributed by atoms with Gasteiger partial charge < -0.3 is 5.32 Å². The highest BCUT2D eigenvalue weighted by atomic mass is 15.1. The lowest BCUT2D eigenvalue weighted by Gasteiger charge is -2.37. The summed E-state index contributed by atoms with van der Waals surface area (Å²) in [5, 5.41) is 11.8. The Bertz CT molecular complexity index is 711. The molecule has 3 heteroatoms. The molecule has 1 saturated carbocycles. The predicted octanol–water partition coefficient (Wildman–Crippen LogP) is 3.92. The number of nitrogens with zero attached hydrogens (tertiary/aromatic N) is 1. The number of aromatic nitrogens is 2. The van der Waals surface area contributed by atoms with Crippen molar-refractivity contribution in [2.45, 2.75) is 24.8 Å². The monoisotopic (exact) mass is 263 g/mol. The minimum Gasteiger partial charge on any atom is -0.382 e. The molecule has 20 heavy (non-hydrogen) atoms. The van der Waals surface area contributed by atoms with Gasteiger partial charge in [0, 0.05) is 17.1 Å². The van der Waals surface area contributed by atoms with Crippen LogP contribution in [0.5, 0.6) is 0 Å². The summed E-state index contributed by atoms with van der Waals surface area (Å²) in [5.41, 5.74) is 3.74. The summed E-state index contributed by atoms with van der Waals surface area (Å²) in [4.78, 5) is 0. The molecule has 1 fully saturated rings. The highest BCUT2D eigenvalue weighted by molar-refractivity contribution is 5.81. The topological polar surface area (TPSA) is 40.7 Å². The second-order valence-corrected chi connectivity index (χ2v) is 5.59. The van der Waals surface area contributed by atoms with E-state index < -0.39 is 0 Å². The Morgan fingerprint density at radius 2 is 1.90 bits per heavy atom. The number of aromatic amines is 1. The van der Waals surface area contributed by atoms with Crippen molar-refractivity contribution in [3.63, 3.8) is 0 Å². The summed E-state index contributed by atoms with van der Waals surface area (Å²) in [5.74, 6) is 0.713. The molecule has 0 unspecified atom stereocenters. The first kappa shape index (κ1) is 11.5. The Labute approximate surface area is 118 Å². The Kier molecular flexibility index (Phi) is 2.69. The van der Waals surface area contributed by atoms with E-state index in [1.54, 1.807) is 0 Å². The van der Waals surface area contributed by atoms with Crippen LogP contribution in [0.2, 0.25) is 0 Å². The van der Waals surface area contributed by atoms with Crippen LogP contribution in [-0.2, 0) is 0 Å². The van der Waals surface area contributed by atoms with Crippen molar-refractivity contribution in [1.29, 1.82) is 0 Å². The smallest absolute Gasteiger partial charge is 0.0670 e. The first-order chi connectivity index (χ1) is 9.88. The summed E-state index contributed by atoms with van der Waals surface area (Å²) in [6.45, 7) is 0. The first-order valence-electron chi connectivity index (χ1n) is 7.13. The summed E-state index contributed by atoms with van der Waals surface area (Å²) in [7, 11) is 0. The number of fused-ring (bicyclic) bond motifs is 1. The molecule has 0 bridgehead atoms. The van der Waals surface area contributed by atoms with Crippen LogP contribution in [0.4, 0.5) is 5.69 Å². The minimum atomic E-state index is 0.584. The van der Waals surface area contributed by atoms with Crippen molar-refractivity contribution in [3.05, 3.63) is 60.3 Å². The molecule has 100 valence electrons. The Morgan fingerprint density at radius 3 is 2.75 bits per heavy atom. The van der Waals surface area contributed by atoms with Crippen molar-refractivity contribution in [1.82, 2.24) is 10.2 Å². The van der Waals surface area contributed by atoms with Gasteiger partial charge in [0.15, 0.2) is 0 Å². The molecule has 0 radical (unpaired) electrons. The minimum absolute atomic E-state index is 0.584. The van der Waals surface area contributed by atoms with E-state index in [9.17, 15) is 0 Å². The first-order valence-corrected chi connectivity index (χ1v) is 7.13. The normalized spacial score (nSPS) is 21.6. The molecule has 0 aliphatic heterocycles. The molecule has 1 aliphatic carbocycles. The van der Waals surface area contributed by atoms with Crippen molar-refractivity contribution >= 4 is 16.6 Å². The number of hydrogen-bond donors (Lipinski definition) is 2. The van der Waals surface area contributed by atoms with Gasteiger partial charge in [0.05, 0.1) is 11.7 Å². The molecule has 3 aromatic rings. The molecule has 3 nitrogen and oxygen atoms in total. The maximum atomic E-state index is 4.05. The van der Waals surface area contributed by atoms with Crippen LogP contribution in [0.3, 0.4) is 0 Å². The number of nitrogens with one attached hydrogen (secondary N) is 2. The third kappa shape index (κ3) is 2.05. The molecule has 0 amide bonds. The molecule has 0 saturated heterocycles. The van der Waals surface area contributed by atoms with Crippen LogP contribution in [0, 0.1) is 0 Å². The quantitative estimate of drug-likeness (QED) is 0.752. The van der Waals surface area contributed by atoms with Crippen molar-refractivity contribution in [2.24, 2.45) is 0 Å². The highest BCUT2D eigenvalue weighted by Gasteiger charge is 2.29. The van der Waals surface area contributed by atoms with E-state index in [2.05, 4.69) is 64.0 Å². The zero-order valence-electron chi connectivity index (χ0n) is 11.2. The van der Waals surface area contributed by atoms with Gasteiger partial charge in [-0.1, -0.05) is 30.3 Å². The van der Waals surface area contributed by atoms with Crippen LogP contribution < -0.4 is 5.32 Å². The summed E-state index contributed by atoms with van der Waals surface area (Å²) >= 11 is 0.